The predicted molar refractivity (Wildman–Crippen MR) is 84.5 cm³/mol. The maximum absolute atomic E-state index is 13.2. The number of hydrogen-bond acceptors (Lipinski definition) is 4. The largest absolute Gasteiger partial charge is 0.460 e. The Labute approximate surface area is 162 Å². The molecule has 0 aliphatic rings. The van der Waals surface area contributed by atoms with Crippen LogP contribution in [0, 0.1) is 0 Å². The van der Waals surface area contributed by atoms with Crippen LogP contribution < -0.4 is 5.32 Å². The third kappa shape index (κ3) is 7.20. The Bertz CT molecular complexity index is 526. The number of alkyl halides is 9. The second-order valence-corrected chi connectivity index (χ2v) is 9.30. The molecule has 0 aliphatic heterocycles. The molecule has 0 saturated carbocycles. The summed E-state index contributed by atoms with van der Waals surface area (Å²) in [6, 6.07) is 0.362. The summed E-state index contributed by atoms with van der Waals surface area (Å²) in [6.07, 6.45) is -8.40. The van der Waals surface area contributed by atoms with Gasteiger partial charge in [-0.15, -0.1) is 0 Å². The molecule has 0 aromatic heterocycles. The molecule has 0 unspecified atom stereocenters. The molecule has 0 aromatic rings. The van der Waals surface area contributed by atoms with Crippen molar-refractivity contribution in [3.8, 4) is 0 Å². The van der Waals surface area contributed by atoms with Crippen LogP contribution in [-0.4, -0.2) is 65.0 Å². The van der Waals surface area contributed by atoms with Crippen LogP contribution in [0.1, 0.15) is 20.3 Å². The summed E-state index contributed by atoms with van der Waals surface area (Å²) in [7, 11) is -2.53. The van der Waals surface area contributed by atoms with Crippen LogP contribution >= 0.6 is 0 Å². The highest BCUT2D eigenvalue weighted by molar-refractivity contribution is 6.66. The van der Waals surface area contributed by atoms with Crippen molar-refractivity contribution in [3.05, 3.63) is 0 Å². The van der Waals surface area contributed by atoms with Gasteiger partial charge in [-0.1, -0.05) is 0 Å². The lowest BCUT2D eigenvalue weighted by Gasteiger charge is -2.33. The minimum atomic E-state index is -7.03. The van der Waals surface area contributed by atoms with E-state index >= 15 is 0 Å². The minimum absolute atomic E-state index is 0.192. The van der Waals surface area contributed by atoms with Crippen LogP contribution in [0.3, 0.4) is 0 Å². The number of hydrogen-bond donors (Lipinski definition) is 1. The molecular weight excluding hydrogens is 445 g/mol. The number of carbonyl (C=O) groups excluding carboxylic acids is 1. The van der Waals surface area contributed by atoms with E-state index in [0.29, 0.717) is 19.3 Å². The topological polar surface area (TPSA) is 56.8 Å². The van der Waals surface area contributed by atoms with Gasteiger partial charge in [-0.25, -0.2) is 4.79 Å². The average molecular weight is 467 g/mol. The first kappa shape index (κ1) is 27.8. The van der Waals surface area contributed by atoms with Crippen molar-refractivity contribution in [2.45, 2.75) is 56.8 Å². The summed E-state index contributed by atoms with van der Waals surface area (Å²) in [4.78, 5) is 11.3. The average Bonchev–Trinajstić information content (AvgIpc) is 2.56. The van der Waals surface area contributed by atoms with Gasteiger partial charge in [0.2, 0.25) is 0 Å². The Morgan fingerprint density at radius 3 is 1.79 bits per heavy atom. The van der Waals surface area contributed by atoms with E-state index in [-0.39, 0.29) is 13.0 Å². The van der Waals surface area contributed by atoms with Crippen LogP contribution in [-0.2, 0) is 13.6 Å². The van der Waals surface area contributed by atoms with Crippen LogP contribution in [0.5, 0.6) is 0 Å². The highest BCUT2D eigenvalue weighted by Gasteiger charge is 2.82. The van der Waals surface area contributed by atoms with E-state index in [0.717, 1.165) is 0 Å². The summed E-state index contributed by atoms with van der Waals surface area (Å²) in [5.41, 5.74) is 0. The first-order valence-electron chi connectivity index (χ1n) is 8.36. The van der Waals surface area contributed by atoms with Gasteiger partial charge in [0.25, 0.3) is 0 Å². The highest BCUT2D eigenvalue weighted by Crippen LogP contribution is 2.53. The van der Waals surface area contributed by atoms with E-state index in [9.17, 15) is 44.3 Å². The second-order valence-electron chi connectivity index (χ2n) is 5.96. The van der Waals surface area contributed by atoms with Crippen LogP contribution in [0.25, 0.3) is 0 Å². The molecule has 1 amide bonds. The van der Waals surface area contributed by atoms with E-state index < -0.39 is 45.2 Å². The van der Waals surface area contributed by atoms with Crippen LogP contribution in [0.2, 0.25) is 12.6 Å². The Hall–Kier alpha value is -1.22. The van der Waals surface area contributed by atoms with E-state index in [4.69, 9.17) is 8.85 Å². The molecule has 5 nitrogen and oxygen atoms in total. The fraction of sp³-hybridized carbons (Fsp3) is 0.929. The zero-order chi connectivity index (χ0) is 23.1. The van der Waals surface area contributed by atoms with Crippen molar-refractivity contribution >= 4 is 14.7 Å². The maximum Gasteiger partial charge on any atom is 0.460 e. The van der Waals surface area contributed by atoms with Crippen molar-refractivity contribution in [1.29, 1.82) is 0 Å². The fourth-order valence-corrected chi connectivity index (χ4v) is 4.51. The molecule has 174 valence electrons. The molecule has 29 heavy (non-hydrogen) atoms. The van der Waals surface area contributed by atoms with Crippen LogP contribution in [0.15, 0.2) is 0 Å². The zero-order valence-electron chi connectivity index (χ0n) is 15.8. The van der Waals surface area contributed by atoms with Crippen LogP contribution in [0.4, 0.5) is 44.3 Å². The zero-order valence-corrected chi connectivity index (χ0v) is 16.8. The van der Waals surface area contributed by atoms with Gasteiger partial charge in [0.1, 0.15) is 0 Å². The molecular formula is C14H22F9NO4Si. The SMILES string of the molecule is CCO[Si](C)(CCCNC(=O)OCC(F)(F)C(F)(F)C(F)(F)C(F)(F)F)OCC. The van der Waals surface area contributed by atoms with Crippen molar-refractivity contribution < 1.29 is 57.9 Å². The first-order valence-corrected chi connectivity index (χ1v) is 10.9. The normalized spacial score (nSPS) is 14.1. The lowest BCUT2D eigenvalue weighted by Crippen LogP contribution is -2.62. The number of rotatable bonds is 12. The number of alkyl carbamates (subject to hydrolysis) is 1. The van der Waals surface area contributed by atoms with Crippen molar-refractivity contribution in [3.63, 3.8) is 0 Å². The quantitative estimate of drug-likeness (QED) is 0.257. The minimum Gasteiger partial charge on any atom is -0.443 e. The lowest BCUT2D eigenvalue weighted by atomic mass is 10.0. The van der Waals surface area contributed by atoms with Gasteiger partial charge in [0, 0.05) is 19.8 Å². The predicted octanol–water partition coefficient (Wildman–Crippen LogP) is 4.72. The standard InChI is InChI=1S/C14H22F9NO4Si/c1-4-27-29(3,28-5-2)8-6-7-24-10(25)26-9-11(15,16)12(17,18)13(19,20)14(21,22)23/h4-9H2,1-3H3,(H,24,25). The Balaban J connectivity index is 4.66. The maximum atomic E-state index is 13.2. The van der Waals surface area contributed by atoms with Gasteiger partial charge < -0.3 is 18.9 Å². The Morgan fingerprint density at radius 1 is 0.897 bits per heavy atom. The number of halogens is 9. The molecule has 0 heterocycles. The Morgan fingerprint density at radius 2 is 1.38 bits per heavy atom. The molecule has 0 saturated heterocycles. The number of carbonyl (C=O) groups is 1. The Kier molecular flexibility index (Phi) is 9.76. The molecule has 1 N–H and O–H groups in total. The lowest BCUT2D eigenvalue weighted by molar-refractivity contribution is -0.398. The van der Waals surface area contributed by atoms with Gasteiger partial charge in [-0.2, -0.15) is 39.5 Å². The molecule has 0 spiro atoms. The van der Waals surface area contributed by atoms with Crippen molar-refractivity contribution in [2.75, 3.05) is 26.4 Å². The summed E-state index contributed by atoms with van der Waals surface area (Å²) in [5.74, 6) is -19.8. The summed E-state index contributed by atoms with van der Waals surface area (Å²) in [6.45, 7) is 3.07. The van der Waals surface area contributed by atoms with E-state index in [1.165, 1.54) is 0 Å². The highest BCUT2D eigenvalue weighted by atomic mass is 28.4. The number of nitrogens with one attached hydrogen (secondary N) is 1. The first-order chi connectivity index (χ1) is 13.0. The van der Waals surface area contributed by atoms with Gasteiger partial charge in [0.05, 0.1) is 0 Å². The van der Waals surface area contributed by atoms with E-state index in [1.807, 2.05) is 5.32 Å². The molecule has 0 fully saturated rings. The smallest absolute Gasteiger partial charge is 0.443 e. The molecule has 0 rings (SSSR count). The second kappa shape index (κ2) is 10.2. The fourth-order valence-electron chi connectivity index (χ4n) is 2.10. The third-order valence-electron chi connectivity index (χ3n) is 3.57. The molecule has 0 atom stereocenters. The molecule has 0 bridgehead atoms. The molecule has 0 aliphatic carbocycles. The summed E-state index contributed by atoms with van der Waals surface area (Å²) in [5, 5.41) is 1.89. The summed E-state index contributed by atoms with van der Waals surface area (Å²) >= 11 is 0. The molecule has 0 radical (unpaired) electrons. The molecule has 0 aromatic carbocycles. The number of amides is 1. The number of ether oxygens (including phenoxy) is 1. The monoisotopic (exact) mass is 467 g/mol. The van der Waals surface area contributed by atoms with E-state index in [1.54, 1.807) is 20.4 Å². The van der Waals surface area contributed by atoms with Crippen molar-refractivity contribution in [2.24, 2.45) is 0 Å². The third-order valence-corrected chi connectivity index (χ3v) is 6.63. The van der Waals surface area contributed by atoms with Gasteiger partial charge >= 0.3 is 38.6 Å². The van der Waals surface area contributed by atoms with Crippen molar-refractivity contribution in [1.82, 2.24) is 5.32 Å². The van der Waals surface area contributed by atoms with Gasteiger partial charge in [-0.3, -0.25) is 0 Å². The molecule has 15 heteroatoms. The van der Waals surface area contributed by atoms with Gasteiger partial charge in [-0.05, 0) is 32.9 Å². The van der Waals surface area contributed by atoms with E-state index in [2.05, 4.69) is 4.74 Å². The van der Waals surface area contributed by atoms with Gasteiger partial charge in [0.15, 0.2) is 6.61 Å². The summed E-state index contributed by atoms with van der Waals surface area (Å²) < 4.78 is 129.